The second-order valence-corrected chi connectivity index (χ2v) is 3.70. The molecular weight excluding hydrogens is 156 g/mol. The number of aliphatic hydroxyl groups excluding tert-OH is 1. The summed E-state index contributed by atoms with van der Waals surface area (Å²) < 4.78 is 0. The fourth-order valence-electron chi connectivity index (χ4n) is 1.09. The van der Waals surface area contributed by atoms with Crippen LogP contribution in [0, 0.1) is 11.3 Å². The molecule has 0 aromatic heterocycles. The Hall–Kier alpha value is -0.570. The first-order valence-electron chi connectivity index (χ1n) is 4.29. The molecule has 0 aromatic rings. The number of carbonyl (C=O) groups is 1. The average molecular weight is 174 g/mol. The fourth-order valence-corrected chi connectivity index (χ4v) is 1.09. The van der Waals surface area contributed by atoms with E-state index in [-0.39, 0.29) is 12.5 Å². The van der Waals surface area contributed by atoms with Crippen LogP contribution in [0.5, 0.6) is 0 Å². The summed E-state index contributed by atoms with van der Waals surface area (Å²) in [6.45, 7) is 5.59. The van der Waals surface area contributed by atoms with Gasteiger partial charge in [0.1, 0.15) is 0 Å². The zero-order valence-electron chi connectivity index (χ0n) is 8.00. The van der Waals surface area contributed by atoms with Gasteiger partial charge in [-0.05, 0) is 25.7 Å². The second kappa shape index (κ2) is 4.45. The Morgan fingerprint density at radius 2 is 2.00 bits per heavy atom. The standard InChI is InChI=1S/C9H18O3/c1-7(2)9(3,8(11)12)5-4-6-10/h7,10H,4-6H2,1-3H3,(H,11,12). The van der Waals surface area contributed by atoms with E-state index in [0.717, 1.165) is 0 Å². The Bertz CT molecular complexity index is 154. The second-order valence-electron chi connectivity index (χ2n) is 3.70. The van der Waals surface area contributed by atoms with Crippen LogP contribution in [0.3, 0.4) is 0 Å². The highest BCUT2D eigenvalue weighted by molar-refractivity contribution is 5.74. The predicted octanol–water partition coefficient (Wildman–Crippen LogP) is 1.51. The van der Waals surface area contributed by atoms with Gasteiger partial charge >= 0.3 is 5.97 Å². The Balaban J connectivity index is 4.29. The number of carboxylic acid groups (broad SMARTS) is 1. The lowest BCUT2D eigenvalue weighted by molar-refractivity contribution is -0.151. The van der Waals surface area contributed by atoms with Crippen molar-refractivity contribution in [3.8, 4) is 0 Å². The molecule has 1 unspecified atom stereocenters. The lowest BCUT2D eigenvalue weighted by atomic mass is 9.75. The molecule has 0 aliphatic rings. The van der Waals surface area contributed by atoms with Gasteiger partial charge in [0.25, 0.3) is 0 Å². The van der Waals surface area contributed by atoms with Gasteiger partial charge in [0.15, 0.2) is 0 Å². The Kier molecular flexibility index (Phi) is 4.24. The van der Waals surface area contributed by atoms with Crippen molar-refractivity contribution in [2.45, 2.75) is 33.6 Å². The number of rotatable bonds is 5. The summed E-state index contributed by atoms with van der Waals surface area (Å²) in [6, 6.07) is 0. The summed E-state index contributed by atoms with van der Waals surface area (Å²) in [6.07, 6.45) is 1.09. The van der Waals surface area contributed by atoms with Crippen molar-refractivity contribution in [3.63, 3.8) is 0 Å². The van der Waals surface area contributed by atoms with Crippen molar-refractivity contribution >= 4 is 5.97 Å². The predicted molar refractivity (Wildman–Crippen MR) is 46.9 cm³/mol. The smallest absolute Gasteiger partial charge is 0.309 e. The average Bonchev–Trinajstić information content (AvgIpc) is 1.99. The van der Waals surface area contributed by atoms with Gasteiger partial charge in [-0.15, -0.1) is 0 Å². The van der Waals surface area contributed by atoms with E-state index in [1.165, 1.54) is 0 Å². The molecule has 0 amide bonds. The van der Waals surface area contributed by atoms with Crippen LogP contribution in [0.15, 0.2) is 0 Å². The van der Waals surface area contributed by atoms with Crippen LogP contribution in [0.4, 0.5) is 0 Å². The highest BCUT2D eigenvalue weighted by Crippen LogP contribution is 2.32. The summed E-state index contributed by atoms with van der Waals surface area (Å²) in [5, 5.41) is 17.5. The zero-order chi connectivity index (χ0) is 9.78. The van der Waals surface area contributed by atoms with E-state index in [1.807, 2.05) is 13.8 Å². The van der Waals surface area contributed by atoms with Crippen molar-refractivity contribution in [1.82, 2.24) is 0 Å². The zero-order valence-corrected chi connectivity index (χ0v) is 8.00. The highest BCUT2D eigenvalue weighted by atomic mass is 16.4. The van der Waals surface area contributed by atoms with E-state index in [9.17, 15) is 4.79 Å². The molecule has 72 valence electrons. The molecule has 0 aliphatic heterocycles. The first kappa shape index (κ1) is 11.4. The quantitative estimate of drug-likeness (QED) is 0.664. The Morgan fingerprint density at radius 1 is 1.50 bits per heavy atom. The normalized spacial score (nSPS) is 16.1. The maximum atomic E-state index is 10.9. The van der Waals surface area contributed by atoms with Gasteiger partial charge < -0.3 is 10.2 Å². The fraction of sp³-hybridized carbons (Fsp3) is 0.889. The van der Waals surface area contributed by atoms with Gasteiger partial charge in [0.2, 0.25) is 0 Å². The molecule has 12 heavy (non-hydrogen) atoms. The first-order valence-corrected chi connectivity index (χ1v) is 4.29. The van der Waals surface area contributed by atoms with Crippen LogP contribution < -0.4 is 0 Å². The molecule has 0 radical (unpaired) electrons. The van der Waals surface area contributed by atoms with Crippen molar-refractivity contribution in [3.05, 3.63) is 0 Å². The number of aliphatic carboxylic acids is 1. The summed E-state index contributed by atoms with van der Waals surface area (Å²) in [7, 11) is 0. The van der Waals surface area contributed by atoms with E-state index >= 15 is 0 Å². The summed E-state index contributed by atoms with van der Waals surface area (Å²) in [4.78, 5) is 10.9. The van der Waals surface area contributed by atoms with E-state index in [1.54, 1.807) is 6.92 Å². The van der Waals surface area contributed by atoms with Gasteiger partial charge in [0.05, 0.1) is 5.41 Å². The van der Waals surface area contributed by atoms with Gasteiger partial charge in [0, 0.05) is 6.61 Å². The third kappa shape index (κ3) is 2.48. The summed E-state index contributed by atoms with van der Waals surface area (Å²) in [5.41, 5.74) is -0.692. The lowest BCUT2D eigenvalue weighted by Crippen LogP contribution is -2.33. The van der Waals surface area contributed by atoms with Gasteiger partial charge in [-0.1, -0.05) is 13.8 Å². The van der Waals surface area contributed by atoms with Gasteiger partial charge in [-0.3, -0.25) is 4.79 Å². The molecule has 0 spiro atoms. The molecular formula is C9H18O3. The van der Waals surface area contributed by atoms with Gasteiger partial charge in [-0.25, -0.2) is 0 Å². The minimum absolute atomic E-state index is 0.0651. The summed E-state index contributed by atoms with van der Waals surface area (Å²) >= 11 is 0. The number of carboxylic acids is 1. The maximum absolute atomic E-state index is 10.9. The molecule has 0 aliphatic carbocycles. The van der Waals surface area contributed by atoms with Crippen LogP contribution in [0.2, 0.25) is 0 Å². The summed E-state index contributed by atoms with van der Waals surface area (Å²) in [5.74, 6) is -0.674. The molecule has 3 heteroatoms. The number of hydrogen-bond acceptors (Lipinski definition) is 2. The monoisotopic (exact) mass is 174 g/mol. The minimum atomic E-state index is -0.772. The third-order valence-electron chi connectivity index (χ3n) is 2.62. The molecule has 0 rings (SSSR count). The molecule has 1 atom stereocenters. The Labute approximate surface area is 73.4 Å². The van der Waals surface area contributed by atoms with Crippen molar-refractivity contribution < 1.29 is 15.0 Å². The molecule has 0 saturated heterocycles. The molecule has 0 saturated carbocycles. The molecule has 0 bridgehead atoms. The van der Waals surface area contributed by atoms with Crippen molar-refractivity contribution in [2.24, 2.45) is 11.3 Å². The van der Waals surface area contributed by atoms with E-state index in [0.29, 0.717) is 12.8 Å². The van der Waals surface area contributed by atoms with Crippen molar-refractivity contribution in [2.75, 3.05) is 6.61 Å². The number of hydrogen-bond donors (Lipinski definition) is 2. The van der Waals surface area contributed by atoms with E-state index < -0.39 is 11.4 Å². The molecule has 0 fully saturated rings. The van der Waals surface area contributed by atoms with Crippen LogP contribution in [0.25, 0.3) is 0 Å². The Morgan fingerprint density at radius 3 is 2.25 bits per heavy atom. The van der Waals surface area contributed by atoms with Crippen LogP contribution in [-0.4, -0.2) is 22.8 Å². The van der Waals surface area contributed by atoms with Gasteiger partial charge in [-0.2, -0.15) is 0 Å². The van der Waals surface area contributed by atoms with Crippen molar-refractivity contribution in [1.29, 1.82) is 0 Å². The SMILES string of the molecule is CC(C)C(C)(CCCO)C(=O)O. The topological polar surface area (TPSA) is 57.5 Å². The maximum Gasteiger partial charge on any atom is 0.309 e. The molecule has 0 heterocycles. The largest absolute Gasteiger partial charge is 0.481 e. The molecule has 0 aromatic carbocycles. The van der Waals surface area contributed by atoms with E-state index in [2.05, 4.69) is 0 Å². The van der Waals surface area contributed by atoms with Crippen LogP contribution >= 0.6 is 0 Å². The van der Waals surface area contributed by atoms with Crippen LogP contribution in [0.1, 0.15) is 33.6 Å². The van der Waals surface area contributed by atoms with Crippen LogP contribution in [-0.2, 0) is 4.79 Å². The molecule has 3 nitrogen and oxygen atoms in total. The number of aliphatic hydroxyl groups is 1. The highest BCUT2D eigenvalue weighted by Gasteiger charge is 2.35. The molecule has 2 N–H and O–H groups in total. The minimum Gasteiger partial charge on any atom is -0.481 e. The lowest BCUT2D eigenvalue weighted by Gasteiger charge is -2.28. The third-order valence-corrected chi connectivity index (χ3v) is 2.62. The first-order chi connectivity index (χ1) is 5.45. The van der Waals surface area contributed by atoms with E-state index in [4.69, 9.17) is 10.2 Å².